The second kappa shape index (κ2) is 9.30. The number of nitrogens with one attached hydrogen (secondary N) is 3. The first kappa shape index (κ1) is 21.7. The molecule has 9 nitrogen and oxygen atoms in total. The Kier molecular flexibility index (Phi) is 6.11. The first-order valence-corrected chi connectivity index (χ1v) is 10.3. The number of nitrogens with zero attached hydrogens (tertiary/aromatic N) is 4. The van der Waals surface area contributed by atoms with E-state index < -0.39 is 0 Å². The SMILES string of the molecule is CN/C(=C(\C=N)c1ccc2c(=O)[nH]nc(CN)c2c1)c1cnn(Cc2ccccc2)c1C#N. The van der Waals surface area contributed by atoms with Gasteiger partial charge in [-0.2, -0.15) is 15.5 Å². The molecule has 9 heteroatoms. The highest BCUT2D eigenvalue weighted by Crippen LogP contribution is 2.28. The fourth-order valence-electron chi connectivity index (χ4n) is 3.82. The lowest BCUT2D eigenvalue weighted by molar-refractivity contribution is 0.677. The predicted molar refractivity (Wildman–Crippen MR) is 127 cm³/mol. The molecule has 0 aliphatic carbocycles. The number of allylic oxidation sites excluding steroid dienone is 1. The van der Waals surface area contributed by atoms with Gasteiger partial charge in [-0.05, 0) is 23.3 Å². The molecule has 0 saturated heterocycles. The molecule has 2 aromatic carbocycles. The minimum atomic E-state index is -0.308. The summed E-state index contributed by atoms with van der Waals surface area (Å²) in [6.45, 7) is 0.606. The minimum absolute atomic E-state index is 0.157. The summed E-state index contributed by atoms with van der Waals surface area (Å²) in [5.74, 6) is 0. The Morgan fingerprint density at radius 3 is 2.73 bits per heavy atom. The zero-order valence-electron chi connectivity index (χ0n) is 18.0. The zero-order chi connectivity index (χ0) is 23.4. The van der Waals surface area contributed by atoms with E-state index in [2.05, 4.69) is 26.7 Å². The molecule has 4 rings (SSSR count). The Bertz CT molecular complexity index is 1460. The molecular weight excluding hydrogens is 416 g/mol. The predicted octanol–water partition coefficient (Wildman–Crippen LogP) is 2.24. The summed E-state index contributed by atoms with van der Waals surface area (Å²) in [5.41, 5.74) is 9.83. The first-order chi connectivity index (χ1) is 16.1. The van der Waals surface area contributed by atoms with Crippen LogP contribution >= 0.6 is 0 Å². The first-order valence-electron chi connectivity index (χ1n) is 10.3. The third-order valence-electron chi connectivity index (χ3n) is 5.43. The Hall–Kier alpha value is -4.55. The van der Waals surface area contributed by atoms with E-state index in [0.29, 0.717) is 51.1 Å². The van der Waals surface area contributed by atoms with Crippen molar-refractivity contribution in [2.24, 2.45) is 5.73 Å². The topological polar surface area (TPSA) is 149 Å². The molecule has 0 saturated carbocycles. The Morgan fingerprint density at radius 2 is 2.06 bits per heavy atom. The summed E-state index contributed by atoms with van der Waals surface area (Å²) in [6.07, 6.45) is 2.83. The fourth-order valence-corrected chi connectivity index (χ4v) is 3.82. The van der Waals surface area contributed by atoms with Crippen molar-refractivity contribution >= 4 is 28.3 Å². The Labute approximate surface area is 189 Å². The molecule has 0 spiro atoms. The standard InChI is InChI=1S/C24H22N8O/c1-28-23(20-13-29-32(22(20)12-27)14-15-5-3-2-4-6-15)19(10-25)16-7-8-17-18(9-16)21(11-26)30-31-24(17)33/h2-10,13,25,28H,11,14,26H2,1H3,(H,31,33)/b23-19+,25-10?. The lowest BCUT2D eigenvalue weighted by Crippen LogP contribution is -2.14. The lowest BCUT2D eigenvalue weighted by Gasteiger charge is -2.13. The van der Waals surface area contributed by atoms with E-state index in [-0.39, 0.29) is 12.1 Å². The number of benzene rings is 2. The van der Waals surface area contributed by atoms with E-state index in [9.17, 15) is 10.1 Å². The van der Waals surface area contributed by atoms with Crippen LogP contribution in [0.5, 0.6) is 0 Å². The quantitative estimate of drug-likeness (QED) is 0.325. The van der Waals surface area contributed by atoms with E-state index in [1.54, 1.807) is 36.1 Å². The summed E-state index contributed by atoms with van der Waals surface area (Å²) >= 11 is 0. The molecule has 5 N–H and O–H groups in total. The van der Waals surface area contributed by atoms with Crippen LogP contribution in [-0.4, -0.2) is 33.2 Å². The monoisotopic (exact) mass is 438 g/mol. The van der Waals surface area contributed by atoms with Crippen molar-refractivity contribution in [2.75, 3.05) is 7.05 Å². The molecule has 0 aliphatic heterocycles. The van der Waals surface area contributed by atoms with Gasteiger partial charge in [0.1, 0.15) is 11.8 Å². The number of hydrogen-bond acceptors (Lipinski definition) is 7. The highest BCUT2D eigenvalue weighted by atomic mass is 16.1. The van der Waals surface area contributed by atoms with Gasteiger partial charge in [-0.15, -0.1) is 0 Å². The van der Waals surface area contributed by atoms with Crippen molar-refractivity contribution in [1.82, 2.24) is 25.3 Å². The van der Waals surface area contributed by atoms with Crippen LogP contribution in [0, 0.1) is 16.7 Å². The van der Waals surface area contributed by atoms with Crippen molar-refractivity contribution in [2.45, 2.75) is 13.1 Å². The molecule has 0 unspecified atom stereocenters. The van der Waals surface area contributed by atoms with Gasteiger partial charge in [0, 0.05) is 30.8 Å². The van der Waals surface area contributed by atoms with Crippen LogP contribution in [0.4, 0.5) is 0 Å². The summed E-state index contributed by atoms with van der Waals surface area (Å²) in [4.78, 5) is 12.2. The smallest absolute Gasteiger partial charge is 0.272 e. The van der Waals surface area contributed by atoms with E-state index in [4.69, 9.17) is 11.1 Å². The molecule has 0 amide bonds. The van der Waals surface area contributed by atoms with Gasteiger partial charge in [-0.1, -0.05) is 36.4 Å². The van der Waals surface area contributed by atoms with Crippen LogP contribution in [0.15, 0.2) is 59.5 Å². The van der Waals surface area contributed by atoms with Crippen LogP contribution in [0.25, 0.3) is 22.0 Å². The van der Waals surface area contributed by atoms with E-state index >= 15 is 0 Å². The van der Waals surface area contributed by atoms with Crippen LogP contribution in [-0.2, 0) is 13.1 Å². The van der Waals surface area contributed by atoms with Gasteiger partial charge in [0.15, 0.2) is 0 Å². The summed E-state index contributed by atoms with van der Waals surface area (Å²) in [7, 11) is 1.73. The van der Waals surface area contributed by atoms with Gasteiger partial charge >= 0.3 is 0 Å². The second-order valence-electron chi connectivity index (χ2n) is 7.31. The highest BCUT2D eigenvalue weighted by molar-refractivity contribution is 6.18. The molecular formula is C24H22N8O. The third kappa shape index (κ3) is 4.03. The molecule has 164 valence electrons. The number of rotatable bonds is 7. The fraction of sp³-hybridized carbons (Fsp3) is 0.125. The average molecular weight is 438 g/mol. The minimum Gasteiger partial charge on any atom is -0.387 e. The summed E-state index contributed by atoms with van der Waals surface area (Å²) in [6, 6.07) is 17.2. The largest absolute Gasteiger partial charge is 0.387 e. The zero-order valence-corrected chi connectivity index (χ0v) is 18.0. The normalized spacial score (nSPS) is 11.7. The van der Waals surface area contributed by atoms with E-state index in [1.807, 2.05) is 30.3 Å². The van der Waals surface area contributed by atoms with Gasteiger partial charge in [-0.3, -0.25) is 4.79 Å². The number of hydrogen-bond donors (Lipinski definition) is 4. The number of nitrogens with two attached hydrogens (primary N) is 1. The number of aromatic nitrogens is 4. The van der Waals surface area contributed by atoms with Crippen LogP contribution in [0.2, 0.25) is 0 Å². The maximum Gasteiger partial charge on any atom is 0.272 e. The van der Waals surface area contributed by atoms with Crippen molar-refractivity contribution in [3.63, 3.8) is 0 Å². The van der Waals surface area contributed by atoms with Crippen LogP contribution in [0.1, 0.15) is 28.1 Å². The van der Waals surface area contributed by atoms with Gasteiger partial charge in [0.05, 0.1) is 35.1 Å². The number of fused-ring (bicyclic) bond motifs is 1. The molecule has 33 heavy (non-hydrogen) atoms. The average Bonchev–Trinajstić information content (AvgIpc) is 3.25. The van der Waals surface area contributed by atoms with Crippen molar-refractivity contribution in [3.05, 3.63) is 93.2 Å². The van der Waals surface area contributed by atoms with E-state index in [0.717, 1.165) is 5.56 Å². The molecule has 0 aliphatic rings. The number of H-pyrrole nitrogens is 1. The third-order valence-corrected chi connectivity index (χ3v) is 5.43. The molecule has 2 heterocycles. The van der Waals surface area contributed by atoms with Crippen LogP contribution in [0.3, 0.4) is 0 Å². The second-order valence-corrected chi connectivity index (χ2v) is 7.31. The molecule has 2 aromatic heterocycles. The number of aromatic amines is 1. The number of nitriles is 1. The Morgan fingerprint density at radius 1 is 1.27 bits per heavy atom. The van der Waals surface area contributed by atoms with Gasteiger partial charge in [-0.25, -0.2) is 9.78 Å². The van der Waals surface area contributed by atoms with Gasteiger partial charge in [0.2, 0.25) is 0 Å². The maximum absolute atomic E-state index is 12.2. The van der Waals surface area contributed by atoms with Crippen molar-refractivity contribution < 1.29 is 0 Å². The highest BCUT2D eigenvalue weighted by Gasteiger charge is 2.18. The van der Waals surface area contributed by atoms with Gasteiger partial charge in [0.25, 0.3) is 5.56 Å². The summed E-state index contributed by atoms with van der Waals surface area (Å²) in [5, 5.41) is 33.1. The molecule has 0 atom stereocenters. The molecule has 4 aromatic rings. The van der Waals surface area contributed by atoms with Crippen molar-refractivity contribution in [3.8, 4) is 6.07 Å². The van der Waals surface area contributed by atoms with Crippen LogP contribution < -0.4 is 16.6 Å². The van der Waals surface area contributed by atoms with Crippen molar-refractivity contribution in [1.29, 1.82) is 10.7 Å². The molecule has 0 radical (unpaired) electrons. The lowest BCUT2D eigenvalue weighted by atomic mass is 9.97. The van der Waals surface area contributed by atoms with E-state index in [1.165, 1.54) is 6.21 Å². The summed E-state index contributed by atoms with van der Waals surface area (Å²) < 4.78 is 1.64. The van der Waals surface area contributed by atoms with Gasteiger partial charge < -0.3 is 16.5 Å². The molecule has 0 bridgehead atoms. The Balaban J connectivity index is 1.87. The maximum atomic E-state index is 12.2. The molecule has 0 fully saturated rings.